The summed E-state index contributed by atoms with van der Waals surface area (Å²) in [6, 6.07) is 74.5. The van der Waals surface area contributed by atoms with Gasteiger partial charge in [-0.3, -0.25) is 0 Å². The van der Waals surface area contributed by atoms with E-state index in [2.05, 4.69) is 236 Å². The smallest absolute Gasteiger partial charge is 0.0622 e. The number of hydrogen-bond donors (Lipinski definition) is 0. The Morgan fingerprint density at radius 1 is 0.338 bits per heavy atom. The summed E-state index contributed by atoms with van der Waals surface area (Å²) in [6.45, 7) is 14.0. The van der Waals surface area contributed by atoms with E-state index in [1.54, 1.807) is 0 Å². The van der Waals surface area contributed by atoms with E-state index in [1.165, 1.54) is 122 Å². The van der Waals surface area contributed by atoms with Gasteiger partial charge in [0, 0.05) is 10.8 Å². The van der Waals surface area contributed by atoms with Crippen LogP contribution in [0.1, 0.15) is 91.7 Å². The molecule has 0 heterocycles. The number of rotatable bonds is 7. The molecule has 0 aromatic heterocycles. The highest BCUT2D eigenvalue weighted by Crippen LogP contribution is 2.60. The summed E-state index contributed by atoms with van der Waals surface area (Å²) in [5.74, 6) is 0. The van der Waals surface area contributed by atoms with Gasteiger partial charge in [-0.2, -0.15) is 0 Å². The highest BCUT2D eigenvalue weighted by atomic mass is 14.5. The first-order valence-corrected chi connectivity index (χ1v) is 23.5. The number of aryl methyl sites for hydroxylation is 4. The van der Waals surface area contributed by atoms with Gasteiger partial charge in [0.05, 0.1) is 5.41 Å². The average Bonchev–Trinajstić information content (AvgIpc) is 3.87. The first-order valence-electron chi connectivity index (χ1n) is 23.5. The Labute approximate surface area is 385 Å². The number of benzene rings is 9. The zero-order chi connectivity index (χ0) is 44.2. The summed E-state index contributed by atoms with van der Waals surface area (Å²) in [5, 5.41) is 0. The van der Waals surface area contributed by atoms with Crippen molar-refractivity contribution in [2.45, 2.75) is 70.6 Å². The fourth-order valence-electron chi connectivity index (χ4n) is 12.9. The van der Waals surface area contributed by atoms with Crippen LogP contribution in [0.5, 0.6) is 0 Å². The molecular weight excluding hydrogens is 781 g/mol. The fourth-order valence-corrected chi connectivity index (χ4v) is 12.9. The first kappa shape index (κ1) is 39.6. The highest BCUT2D eigenvalue weighted by Gasteiger charge is 2.49. The van der Waals surface area contributed by atoms with Crippen LogP contribution in [0.4, 0.5) is 0 Å². The Balaban J connectivity index is 1.04. The maximum atomic E-state index is 2.54. The summed E-state index contributed by atoms with van der Waals surface area (Å²) in [7, 11) is 0. The van der Waals surface area contributed by atoms with E-state index in [4.69, 9.17) is 0 Å². The maximum Gasteiger partial charge on any atom is 0.0713 e. The van der Waals surface area contributed by atoms with Gasteiger partial charge in [-0.05, 0) is 152 Å². The second kappa shape index (κ2) is 14.5. The van der Waals surface area contributed by atoms with Gasteiger partial charge in [0.2, 0.25) is 0 Å². The standard InChI is InChI=1S/C65H54/c1-41-25-31-49(32-26-41)65(50-33-27-42(2)28-34-50)55-22-11-10-20-53(55)60-48(19-14-24-57(60)65)40-64(6)56-23-13-18-47(61(56)54-21-12-15-44(4)62(54)64)39-63(5)58-37-43(3)29-35-51(58)52-36-30-46(38-59(52)63)45-16-8-7-9-17-45/h7-38H,39-40H2,1-6H3. The third-order valence-electron chi connectivity index (χ3n) is 15.8. The monoisotopic (exact) mass is 834 g/mol. The molecule has 2 unspecified atom stereocenters. The van der Waals surface area contributed by atoms with Gasteiger partial charge < -0.3 is 0 Å². The molecule has 0 radical (unpaired) electrons. The minimum absolute atomic E-state index is 0.223. The van der Waals surface area contributed by atoms with Gasteiger partial charge in [0.25, 0.3) is 0 Å². The molecule has 2 atom stereocenters. The van der Waals surface area contributed by atoms with Crippen molar-refractivity contribution in [3.8, 4) is 44.5 Å². The molecule has 9 aromatic rings. The molecule has 0 spiro atoms. The van der Waals surface area contributed by atoms with Crippen LogP contribution in [0.3, 0.4) is 0 Å². The molecule has 314 valence electrons. The molecule has 65 heavy (non-hydrogen) atoms. The van der Waals surface area contributed by atoms with Crippen LogP contribution in [0.15, 0.2) is 194 Å². The lowest BCUT2D eigenvalue weighted by molar-refractivity contribution is 0.573. The third kappa shape index (κ3) is 5.69. The van der Waals surface area contributed by atoms with Crippen molar-refractivity contribution in [2.24, 2.45) is 0 Å². The summed E-state index contributed by atoms with van der Waals surface area (Å²) < 4.78 is 0. The zero-order valence-electron chi connectivity index (χ0n) is 38.4. The highest BCUT2D eigenvalue weighted by molar-refractivity contribution is 5.91. The lowest BCUT2D eigenvalue weighted by atomic mass is 9.67. The van der Waals surface area contributed by atoms with E-state index >= 15 is 0 Å². The minimum Gasteiger partial charge on any atom is -0.0622 e. The van der Waals surface area contributed by atoms with Crippen LogP contribution in [0.25, 0.3) is 44.5 Å². The van der Waals surface area contributed by atoms with Crippen molar-refractivity contribution in [1.29, 1.82) is 0 Å². The number of fused-ring (bicyclic) bond motifs is 9. The second-order valence-corrected chi connectivity index (χ2v) is 19.9. The van der Waals surface area contributed by atoms with Crippen LogP contribution in [-0.4, -0.2) is 0 Å². The Morgan fingerprint density at radius 2 is 0.862 bits per heavy atom. The topological polar surface area (TPSA) is 0 Å². The van der Waals surface area contributed by atoms with Crippen LogP contribution < -0.4 is 0 Å². The lowest BCUT2D eigenvalue weighted by Crippen LogP contribution is -2.29. The Kier molecular flexibility index (Phi) is 8.82. The Bertz CT molecular complexity index is 3320. The van der Waals surface area contributed by atoms with Crippen molar-refractivity contribution >= 4 is 0 Å². The average molecular weight is 835 g/mol. The van der Waals surface area contributed by atoms with Crippen LogP contribution in [-0.2, 0) is 29.1 Å². The summed E-state index contributed by atoms with van der Waals surface area (Å²) in [6.07, 6.45) is 1.80. The maximum absolute atomic E-state index is 2.54. The van der Waals surface area contributed by atoms with E-state index in [-0.39, 0.29) is 10.8 Å². The van der Waals surface area contributed by atoms with Gasteiger partial charge in [0.15, 0.2) is 0 Å². The molecule has 0 bridgehead atoms. The molecule has 12 rings (SSSR count). The SMILES string of the molecule is Cc1ccc(C2(c3ccc(C)cc3)c3ccccc3-c3c(CC4(C)c5cccc(CC6(C)c7cc(C)ccc7-c7ccc(-c8ccccc8)cc76)c5-c5cccc(C)c54)cccc32)cc1. The van der Waals surface area contributed by atoms with E-state index < -0.39 is 5.41 Å². The van der Waals surface area contributed by atoms with Crippen molar-refractivity contribution in [3.05, 3.63) is 272 Å². The molecule has 0 amide bonds. The predicted molar refractivity (Wildman–Crippen MR) is 272 cm³/mol. The van der Waals surface area contributed by atoms with E-state index in [1.807, 2.05) is 0 Å². The molecule has 0 heteroatoms. The molecule has 0 saturated heterocycles. The Hall–Kier alpha value is -7.02. The summed E-state index contributed by atoms with van der Waals surface area (Å²) in [5.41, 5.74) is 29.1. The van der Waals surface area contributed by atoms with Gasteiger partial charge in [-0.15, -0.1) is 0 Å². The van der Waals surface area contributed by atoms with Gasteiger partial charge in [-0.1, -0.05) is 219 Å². The van der Waals surface area contributed by atoms with Gasteiger partial charge in [-0.25, -0.2) is 0 Å². The molecule has 0 aliphatic heterocycles. The lowest BCUT2D eigenvalue weighted by Gasteiger charge is -2.34. The molecule has 3 aliphatic rings. The van der Waals surface area contributed by atoms with Gasteiger partial charge >= 0.3 is 0 Å². The van der Waals surface area contributed by atoms with Crippen molar-refractivity contribution in [3.63, 3.8) is 0 Å². The summed E-state index contributed by atoms with van der Waals surface area (Å²) in [4.78, 5) is 0. The molecule has 0 N–H and O–H groups in total. The summed E-state index contributed by atoms with van der Waals surface area (Å²) >= 11 is 0. The van der Waals surface area contributed by atoms with Gasteiger partial charge in [0.1, 0.15) is 0 Å². The zero-order valence-corrected chi connectivity index (χ0v) is 38.4. The molecule has 0 nitrogen and oxygen atoms in total. The van der Waals surface area contributed by atoms with Crippen molar-refractivity contribution in [2.75, 3.05) is 0 Å². The van der Waals surface area contributed by atoms with E-state index in [0.29, 0.717) is 0 Å². The second-order valence-electron chi connectivity index (χ2n) is 19.9. The van der Waals surface area contributed by atoms with Crippen molar-refractivity contribution in [1.82, 2.24) is 0 Å². The van der Waals surface area contributed by atoms with Crippen LogP contribution in [0.2, 0.25) is 0 Å². The van der Waals surface area contributed by atoms with Crippen molar-refractivity contribution < 1.29 is 0 Å². The minimum atomic E-state index is -0.444. The molecule has 9 aromatic carbocycles. The third-order valence-corrected chi connectivity index (χ3v) is 15.8. The molecule has 0 saturated carbocycles. The van der Waals surface area contributed by atoms with E-state index in [0.717, 1.165) is 12.8 Å². The largest absolute Gasteiger partial charge is 0.0713 e. The predicted octanol–water partition coefficient (Wildman–Crippen LogP) is 16.0. The Morgan fingerprint density at radius 3 is 1.55 bits per heavy atom. The first-order chi connectivity index (χ1) is 31.6. The fraction of sp³-hybridized carbons (Fsp3) is 0.169. The van der Waals surface area contributed by atoms with Crippen LogP contribution in [0, 0.1) is 27.7 Å². The van der Waals surface area contributed by atoms with Crippen LogP contribution >= 0.6 is 0 Å². The number of hydrogen-bond acceptors (Lipinski definition) is 0. The molecule has 0 fully saturated rings. The quantitative estimate of drug-likeness (QED) is 0.150. The normalized spacial score (nSPS) is 18.1. The van der Waals surface area contributed by atoms with E-state index in [9.17, 15) is 0 Å². The molecular formula is C65H54. The molecule has 3 aliphatic carbocycles.